The normalized spacial score (nSPS) is 23.4. The lowest BCUT2D eigenvalue weighted by molar-refractivity contribution is 0.600. The maximum Gasteiger partial charge on any atom is 0.164 e. The minimum Gasteiger partial charge on any atom is -0.312 e. The quantitative estimate of drug-likeness (QED) is 0.677. The highest BCUT2D eigenvalue weighted by atomic mass is 79.9. The predicted octanol–water partition coefficient (Wildman–Crippen LogP) is 4.17. The van der Waals surface area contributed by atoms with Crippen LogP contribution in [0.5, 0.6) is 0 Å². The lowest BCUT2D eigenvalue weighted by Crippen LogP contribution is -2.39. The fourth-order valence-electron chi connectivity index (χ4n) is 3.51. The lowest BCUT2D eigenvalue weighted by atomic mass is 10.1. The molecule has 0 spiro atoms. The minimum atomic E-state index is -3.15. The molecule has 2 aliphatic rings. The van der Waals surface area contributed by atoms with Crippen molar-refractivity contribution < 1.29 is 12.8 Å². The predicted molar refractivity (Wildman–Crippen MR) is 113 cm³/mol. The molecule has 4 nitrogen and oxygen atoms in total. The van der Waals surface area contributed by atoms with Gasteiger partial charge in [-0.15, -0.1) is 0 Å². The summed E-state index contributed by atoms with van der Waals surface area (Å²) in [5.41, 5.74) is 2.75. The summed E-state index contributed by atoms with van der Waals surface area (Å²) in [5, 5.41) is 0.685. The summed E-state index contributed by atoms with van der Waals surface area (Å²) in [7, 11) is -3.15. The first-order valence-corrected chi connectivity index (χ1v) is 12.1. The van der Waals surface area contributed by atoms with Gasteiger partial charge in [0.15, 0.2) is 15.0 Å². The molecule has 1 saturated heterocycles. The number of hydrogen-bond acceptors (Lipinski definition) is 5. The van der Waals surface area contributed by atoms with Gasteiger partial charge in [-0.1, -0.05) is 52.0 Å². The molecule has 2 aromatic rings. The Morgan fingerprint density at radius 3 is 2.78 bits per heavy atom. The van der Waals surface area contributed by atoms with Crippen LogP contribution in [-0.4, -0.2) is 37.2 Å². The highest BCUT2D eigenvalue weighted by molar-refractivity contribution is 9.10. The van der Waals surface area contributed by atoms with E-state index in [1.165, 1.54) is 29.0 Å². The van der Waals surface area contributed by atoms with Crippen LogP contribution in [0.15, 0.2) is 51.9 Å². The molecule has 0 saturated carbocycles. The van der Waals surface area contributed by atoms with Gasteiger partial charge in [-0.25, -0.2) is 12.8 Å². The van der Waals surface area contributed by atoms with E-state index in [1.807, 2.05) is 12.1 Å². The number of hydrogen-bond donors (Lipinski definition) is 0. The molecule has 27 heavy (non-hydrogen) atoms. The average Bonchev–Trinajstić information content (AvgIpc) is 3.06. The number of thioether (sulfide) groups is 1. The van der Waals surface area contributed by atoms with Crippen LogP contribution in [0.25, 0.3) is 0 Å². The van der Waals surface area contributed by atoms with Gasteiger partial charge >= 0.3 is 0 Å². The highest BCUT2D eigenvalue weighted by Crippen LogP contribution is 2.37. The van der Waals surface area contributed by atoms with E-state index in [4.69, 9.17) is 0 Å². The number of halogens is 2. The largest absolute Gasteiger partial charge is 0.312 e. The van der Waals surface area contributed by atoms with Crippen LogP contribution in [-0.2, 0) is 15.6 Å². The molecule has 0 aromatic heterocycles. The second-order valence-corrected chi connectivity index (χ2v) is 10.8. The zero-order valence-corrected chi connectivity index (χ0v) is 17.8. The van der Waals surface area contributed by atoms with Gasteiger partial charge in [-0.3, -0.25) is 4.99 Å². The Kier molecular flexibility index (Phi) is 5.07. The molecular weight excluding hydrogens is 451 g/mol. The number of anilines is 1. The van der Waals surface area contributed by atoms with Crippen molar-refractivity contribution in [3.8, 4) is 0 Å². The summed E-state index contributed by atoms with van der Waals surface area (Å²) in [5.74, 6) is 0.344. The average molecular weight is 469 g/mol. The van der Waals surface area contributed by atoms with Crippen molar-refractivity contribution in [3.05, 3.63) is 63.9 Å². The van der Waals surface area contributed by atoms with E-state index in [0.29, 0.717) is 21.1 Å². The number of aryl methyl sites for hydroxylation is 1. The highest BCUT2D eigenvalue weighted by Gasteiger charge is 2.47. The first-order valence-electron chi connectivity index (χ1n) is 8.54. The third-order valence-corrected chi connectivity index (χ3v) is 8.10. The van der Waals surface area contributed by atoms with Crippen molar-refractivity contribution in [2.45, 2.75) is 24.8 Å². The molecule has 1 fully saturated rings. The van der Waals surface area contributed by atoms with Gasteiger partial charge < -0.3 is 4.90 Å². The third kappa shape index (κ3) is 3.79. The number of amidine groups is 1. The molecule has 2 atom stereocenters. The zero-order valence-electron chi connectivity index (χ0n) is 14.6. The molecule has 0 bridgehead atoms. The van der Waals surface area contributed by atoms with E-state index in [9.17, 15) is 12.8 Å². The smallest absolute Gasteiger partial charge is 0.164 e. The van der Waals surface area contributed by atoms with Crippen LogP contribution in [0.2, 0.25) is 0 Å². The third-order valence-electron chi connectivity index (χ3n) is 4.89. The monoisotopic (exact) mass is 468 g/mol. The fraction of sp³-hybridized carbons (Fsp3) is 0.316. The number of benzene rings is 2. The van der Waals surface area contributed by atoms with Crippen molar-refractivity contribution in [2.24, 2.45) is 4.99 Å². The summed E-state index contributed by atoms with van der Waals surface area (Å²) >= 11 is 4.80. The number of fused-ring (bicyclic) bond motifs is 1. The van der Waals surface area contributed by atoms with Gasteiger partial charge in [-0.2, -0.15) is 0 Å². The second kappa shape index (κ2) is 7.22. The maximum absolute atomic E-state index is 14.7. The Bertz CT molecular complexity index is 1030. The fourth-order valence-corrected chi connectivity index (χ4v) is 6.87. The molecule has 8 heteroatoms. The molecule has 0 N–H and O–H groups in total. The number of aliphatic imine (C=N–C) groups is 1. The van der Waals surface area contributed by atoms with E-state index in [-0.39, 0.29) is 23.6 Å². The topological polar surface area (TPSA) is 49.7 Å². The van der Waals surface area contributed by atoms with Crippen LogP contribution in [0.4, 0.5) is 10.1 Å². The van der Waals surface area contributed by atoms with Crippen LogP contribution < -0.4 is 4.90 Å². The molecule has 0 unspecified atom stereocenters. The molecule has 0 aliphatic carbocycles. The van der Waals surface area contributed by atoms with E-state index in [2.05, 4.69) is 40.0 Å². The van der Waals surface area contributed by atoms with E-state index in [1.54, 1.807) is 17.0 Å². The van der Waals surface area contributed by atoms with E-state index < -0.39 is 15.7 Å². The van der Waals surface area contributed by atoms with Crippen molar-refractivity contribution in [1.29, 1.82) is 0 Å². The molecule has 0 radical (unpaired) electrons. The molecule has 2 aliphatic heterocycles. The number of rotatable bonds is 3. The molecule has 0 amide bonds. The van der Waals surface area contributed by atoms with Gasteiger partial charge in [0.1, 0.15) is 5.82 Å². The Labute approximate surface area is 170 Å². The van der Waals surface area contributed by atoms with E-state index >= 15 is 0 Å². The summed E-state index contributed by atoms with van der Waals surface area (Å²) in [6.45, 7) is 2.06. The molecular formula is C19H18BrFN2O2S2. The maximum atomic E-state index is 14.7. The van der Waals surface area contributed by atoms with Gasteiger partial charge in [0, 0.05) is 10.2 Å². The lowest BCUT2D eigenvalue weighted by Gasteiger charge is -2.27. The van der Waals surface area contributed by atoms with Gasteiger partial charge in [0.25, 0.3) is 0 Å². The van der Waals surface area contributed by atoms with E-state index in [0.717, 1.165) is 0 Å². The minimum absolute atomic E-state index is 0.00505. The van der Waals surface area contributed by atoms with Crippen LogP contribution in [0.1, 0.15) is 11.1 Å². The van der Waals surface area contributed by atoms with Crippen LogP contribution in [0, 0.1) is 12.7 Å². The van der Waals surface area contributed by atoms with Crippen molar-refractivity contribution in [2.75, 3.05) is 16.4 Å². The first kappa shape index (κ1) is 19.0. The Hall–Kier alpha value is -1.38. The summed E-state index contributed by atoms with van der Waals surface area (Å²) < 4.78 is 39.5. The van der Waals surface area contributed by atoms with Gasteiger partial charge in [0.05, 0.1) is 29.3 Å². The molecule has 2 heterocycles. The molecule has 2 aromatic carbocycles. The number of nitrogens with zero attached hydrogens (tertiary/aromatic N) is 2. The summed E-state index contributed by atoms with van der Waals surface area (Å²) in [6.07, 6.45) is 0. The van der Waals surface area contributed by atoms with Crippen LogP contribution in [0.3, 0.4) is 0 Å². The zero-order chi connectivity index (χ0) is 19.2. The summed E-state index contributed by atoms with van der Waals surface area (Å²) in [4.78, 5) is 6.44. The van der Waals surface area contributed by atoms with Crippen molar-refractivity contribution in [3.63, 3.8) is 0 Å². The standard InChI is InChI=1S/C19H18BrFN2O2S2/c1-12-4-2-3-5-13(12)9-26-19-22-16-10-27(24,25)11-18(16)23(19)17-7-6-14(20)8-15(17)21/h2-8,16,18H,9-11H2,1H3/t16-,18-/m1/s1. The summed E-state index contributed by atoms with van der Waals surface area (Å²) in [6, 6.07) is 12.3. The van der Waals surface area contributed by atoms with Crippen molar-refractivity contribution in [1.82, 2.24) is 0 Å². The second-order valence-electron chi connectivity index (χ2n) is 6.80. The van der Waals surface area contributed by atoms with Crippen molar-refractivity contribution >= 4 is 48.4 Å². The Balaban J connectivity index is 1.66. The first-order chi connectivity index (χ1) is 12.8. The SMILES string of the molecule is Cc1ccccc1CSC1=N[C@@H]2CS(=O)(=O)C[C@H]2N1c1ccc(Br)cc1F. The molecule has 142 valence electrons. The molecule has 4 rings (SSSR count). The van der Waals surface area contributed by atoms with Gasteiger partial charge in [0.2, 0.25) is 0 Å². The van der Waals surface area contributed by atoms with Crippen LogP contribution >= 0.6 is 27.7 Å². The Morgan fingerprint density at radius 2 is 2.04 bits per heavy atom. The van der Waals surface area contributed by atoms with Gasteiger partial charge in [-0.05, 0) is 36.2 Å². The number of sulfone groups is 1. The Morgan fingerprint density at radius 1 is 1.26 bits per heavy atom.